The molecular weight excluding hydrogens is 136 g/mol. The summed E-state index contributed by atoms with van der Waals surface area (Å²) in [6.45, 7) is 0. The molecule has 0 radical (unpaired) electrons. The molecule has 0 aromatic rings. The van der Waals surface area contributed by atoms with Gasteiger partial charge in [0.15, 0.2) is 5.17 Å². The first-order chi connectivity index (χ1) is 4.33. The Morgan fingerprint density at radius 3 is 3.11 bits per heavy atom. The molecule has 0 amide bonds. The SMILES string of the molecule is N=C1N=C(CC=O)CS1. The molecule has 0 bridgehead atoms. The van der Waals surface area contributed by atoms with E-state index in [1.165, 1.54) is 11.8 Å². The van der Waals surface area contributed by atoms with Gasteiger partial charge in [-0.1, -0.05) is 11.8 Å². The van der Waals surface area contributed by atoms with Gasteiger partial charge in [0.05, 0.1) is 0 Å². The molecule has 0 aliphatic carbocycles. The van der Waals surface area contributed by atoms with Crippen LogP contribution in [0.25, 0.3) is 0 Å². The van der Waals surface area contributed by atoms with E-state index in [1.807, 2.05) is 0 Å². The fourth-order valence-corrected chi connectivity index (χ4v) is 1.24. The molecule has 0 fully saturated rings. The van der Waals surface area contributed by atoms with Gasteiger partial charge in [-0.2, -0.15) is 0 Å². The summed E-state index contributed by atoms with van der Waals surface area (Å²) in [4.78, 5) is 13.7. The van der Waals surface area contributed by atoms with Crippen molar-refractivity contribution in [2.75, 3.05) is 5.75 Å². The van der Waals surface area contributed by atoms with Gasteiger partial charge in [-0.3, -0.25) is 5.41 Å². The Morgan fingerprint density at radius 2 is 2.67 bits per heavy atom. The lowest BCUT2D eigenvalue weighted by molar-refractivity contribution is -0.106. The normalized spacial score (nSPS) is 17.8. The monoisotopic (exact) mass is 142 g/mol. The van der Waals surface area contributed by atoms with Crippen molar-refractivity contribution in [1.82, 2.24) is 0 Å². The van der Waals surface area contributed by atoms with Crippen molar-refractivity contribution < 1.29 is 4.79 Å². The van der Waals surface area contributed by atoms with Gasteiger partial charge in [0.1, 0.15) is 6.29 Å². The van der Waals surface area contributed by atoms with E-state index in [4.69, 9.17) is 5.41 Å². The lowest BCUT2D eigenvalue weighted by Gasteiger charge is -1.83. The van der Waals surface area contributed by atoms with E-state index >= 15 is 0 Å². The summed E-state index contributed by atoms with van der Waals surface area (Å²) in [6, 6.07) is 0. The summed E-state index contributed by atoms with van der Waals surface area (Å²) in [7, 11) is 0. The number of nitrogens with zero attached hydrogens (tertiary/aromatic N) is 1. The Balaban J connectivity index is 2.51. The highest BCUT2D eigenvalue weighted by Gasteiger charge is 2.09. The number of aliphatic imine (C=N–C) groups is 1. The zero-order chi connectivity index (χ0) is 6.69. The Morgan fingerprint density at radius 1 is 1.89 bits per heavy atom. The highest BCUT2D eigenvalue weighted by atomic mass is 32.2. The van der Waals surface area contributed by atoms with Crippen molar-refractivity contribution in [2.45, 2.75) is 6.42 Å². The van der Waals surface area contributed by atoms with Gasteiger partial charge < -0.3 is 4.79 Å². The topological polar surface area (TPSA) is 53.3 Å². The zero-order valence-corrected chi connectivity index (χ0v) is 5.57. The molecule has 0 saturated heterocycles. The quantitative estimate of drug-likeness (QED) is 0.577. The summed E-state index contributed by atoms with van der Waals surface area (Å²) >= 11 is 1.37. The van der Waals surface area contributed by atoms with Gasteiger partial charge in [0.2, 0.25) is 0 Å². The molecule has 0 saturated carbocycles. The molecule has 1 aliphatic heterocycles. The van der Waals surface area contributed by atoms with Crippen LogP contribution in [0.3, 0.4) is 0 Å². The maximum absolute atomic E-state index is 9.91. The Kier molecular flexibility index (Phi) is 2.00. The minimum absolute atomic E-state index is 0.326. The van der Waals surface area contributed by atoms with E-state index in [9.17, 15) is 4.79 Å². The fraction of sp³-hybridized carbons (Fsp3) is 0.400. The van der Waals surface area contributed by atoms with Gasteiger partial charge in [-0.25, -0.2) is 4.99 Å². The van der Waals surface area contributed by atoms with E-state index in [0.29, 0.717) is 11.6 Å². The molecule has 0 spiro atoms. The molecule has 9 heavy (non-hydrogen) atoms. The number of hydrogen-bond acceptors (Lipinski definition) is 3. The number of amidine groups is 1. The molecule has 48 valence electrons. The van der Waals surface area contributed by atoms with E-state index in [2.05, 4.69) is 4.99 Å². The Hall–Kier alpha value is -0.640. The molecule has 1 heterocycles. The lowest BCUT2D eigenvalue weighted by Crippen LogP contribution is -1.96. The minimum atomic E-state index is 0.326. The van der Waals surface area contributed by atoms with E-state index < -0.39 is 0 Å². The molecule has 0 aromatic heterocycles. The van der Waals surface area contributed by atoms with Gasteiger partial charge in [-0.15, -0.1) is 0 Å². The Labute approximate surface area is 57.1 Å². The smallest absolute Gasteiger partial charge is 0.180 e. The summed E-state index contributed by atoms with van der Waals surface area (Å²) in [5, 5.41) is 7.34. The first kappa shape index (κ1) is 6.48. The van der Waals surface area contributed by atoms with Crippen LogP contribution in [-0.4, -0.2) is 22.9 Å². The number of aldehydes is 1. The third-order valence-corrected chi connectivity index (χ3v) is 1.80. The average Bonchev–Trinajstić information content (AvgIpc) is 2.17. The van der Waals surface area contributed by atoms with Gasteiger partial charge in [-0.05, 0) is 0 Å². The van der Waals surface area contributed by atoms with E-state index in [0.717, 1.165) is 17.8 Å². The van der Waals surface area contributed by atoms with Crippen LogP contribution in [0.2, 0.25) is 0 Å². The highest BCUT2D eigenvalue weighted by Crippen LogP contribution is 2.13. The van der Waals surface area contributed by atoms with Crippen molar-refractivity contribution >= 4 is 28.9 Å². The molecule has 4 heteroatoms. The van der Waals surface area contributed by atoms with Crippen molar-refractivity contribution in [3.05, 3.63) is 0 Å². The van der Waals surface area contributed by atoms with Gasteiger partial charge in [0, 0.05) is 17.9 Å². The van der Waals surface area contributed by atoms with Crippen molar-refractivity contribution in [2.24, 2.45) is 4.99 Å². The summed E-state index contributed by atoms with van der Waals surface area (Å²) in [5.74, 6) is 0.720. The third-order valence-electron chi connectivity index (χ3n) is 0.954. The van der Waals surface area contributed by atoms with Gasteiger partial charge in [0.25, 0.3) is 0 Å². The third kappa shape index (κ3) is 1.64. The number of carbonyl (C=O) groups excluding carboxylic acids is 1. The Bertz CT molecular complexity index is 176. The number of thioether (sulfide) groups is 1. The second kappa shape index (κ2) is 2.77. The predicted molar refractivity (Wildman–Crippen MR) is 38.3 cm³/mol. The number of hydrogen-bond donors (Lipinski definition) is 1. The molecular formula is C5H6N2OS. The maximum Gasteiger partial charge on any atom is 0.180 e. The molecule has 1 rings (SSSR count). The number of nitrogens with one attached hydrogen (secondary N) is 1. The first-order valence-electron chi connectivity index (χ1n) is 2.54. The van der Waals surface area contributed by atoms with Crippen LogP contribution in [0.1, 0.15) is 6.42 Å². The molecule has 1 N–H and O–H groups in total. The van der Waals surface area contributed by atoms with Crippen LogP contribution in [0, 0.1) is 5.41 Å². The summed E-state index contributed by atoms with van der Waals surface area (Å²) in [6.07, 6.45) is 1.20. The molecule has 3 nitrogen and oxygen atoms in total. The van der Waals surface area contributed by atoms with Gasteiger partial charge >= 0.3 is 0 Å². The number of rotatable bonds is 2. The minimum Gasteiger partial charge on any atom is -0.303 e. The fourth-order valence-electron chi connectivity index (χ4n) is 0.561. The van der Waals surface area contributed by atoms with Crippen LogP contribution in [0.4, 0.5) is 0 Å². The largest absolute Gasteiger partial charge is 0.303 e. The van der Waals surface area contributed by atoms with Crippen LogP contribution in [-0.2, 0) is 4.79 Å². The van der Waals surface area contributed by atoms with Crippen molar-refractivity contribution in [3.63, 3.8) is 0 Å². The average molecular weight is 142 g/mol. The van der Waals surface area contributed by atoms with Crippen LogP contribution >= 0.6 is 11.8 Å². The second-order valence-corrected chi connectivity index (χ2v) is 2.61. The van der Waals surface area contributed by atoms with Crippen LogP contribution in [0.15, 0.2) is 4.99 Å². The number of carbonyl (C=O) groups is 1. The molecule has 0 aromatic carbocycles. The molecule has 1 aliphatic rings. The van der Waals surface area contributed by atoms with Crippen molar-refractivity contribution in [3.8, 4) is 0 Å². The predicted octanol–water partition coefficient (Wildman–Crippen LogP) is 0.698. The molecule has 0 unspecified atom stereocenters. The van der Waals surface area contributed by atoms with Crippen LogP contribution in [0.5, 0.6) is 0 Å². The lowest BCUT2D eigenvalue weighted by atomic mass is 10.3. The zero-order valence-electron chi connectivity index (χ0n) is 4.76. The van der Waals surface area contributed by atoms with E-state index in [-0.39, 0.29) is 0 Å². The highest BCUT2D eigenvalue weighted by molar-refractivity contribution is 8.14. The summed E-state index contributed by atoms with van der Waals surface area (Å²) in [5.41, 5.74) is 0.819. The standard InChI is InChI=1S/C5H6N2OS/c6-5-7-4(1-2-8)3-9-5/h2,6H,1,3H2. The second-order valence-electron chi connectivity index (χ2n) is 1.64. The van der Waals surface area contributed by atoms with Crippen molar-refractivity contribution in [1.29, 1.82) is 5.41 Å². The molecule has 0 atom stereocenters. The maximum atomic E-state index is 9.91. The summed E-state index contributed by atoms with van der Waals surface area (Å²) < 4.78 is 0. The van der Waals surface area contributed by atoms with E-state index in [1.54, 1.807) is 0 Å². The first-order valence-corrected chi connectivity index (χ1v) is 3.53. The van der Waals surface area contributed by atoms with Crippen LogP contribution < -0.4 is 0 Å².